The fourth-order valence-electron chi connectivity index (χ4n) is 2.11. The normalized spacial score (nSPS) is 11.1. The number of hydrogen-bond acceptors (Lipinski definition) is 3. The molecule has 0 bridgehead atoms. The van der Waals surface area contributed by atoms with Gasteiger partial charge in [0.1, 0.15) is 5.69 Å². The summed E-state index contributed by atoms with van der Waals surface area (Å²) < 4.78 is 0. The van der Waals surface area contributed by atoms with E-state index in [1.165, 1.54) is 11.1 Å². The van der Waals surface area contributed by atoms with E-state index in [2.05, 4.69) is 45.9 Å². The van der Waals surface area contributed by atoms with E-state index in [4.69, 9.17) is 0 Å². The first-order chi connectivity index (χ1) is 8.63. The molecule has 1 N–H and O–H groups in total. The third-order valence-electron chi connectivity index (χ3n) is 2.95. The number of H-pyrrole nitrogens is 1. The highest BCUT2D eigenvalue weighted by atomic mass is 15.0. The number of fused-ring (bicyclic) bond motifs is 1. The minimum atomic E-state index is 0.770. The van der Waals surface area contributed by atoms with Gasteiger partial charge < -0.3 is 4.98 Å². The van der Waals surface area contributed by atoms with Crippen LogP contribution in [-0.4, -0.2) is 19.9 Å². The van der Waals surface area contributed by atoms with Crippen LogP contribution in [0.15, 0.2) is 24.5 Å². The summed E-state index contributed by atoms with van der Waals surface area (Å²) in [4.78, 5) is 16.5. The SMILES string of the molecule is Cc1cc(C)c2nc(-c3cnc(C)cn3)[nH]c2c1. The molecule has 0 atom stereocenters. The van der Waals surface area contributed by atoms with Crippen LogP contribution in [0.1, 0.15) is 16.8 Å². The van der Waals surface area contributed by atoms with E-state index < -0.39 is 0 Å². The van der Waals surface area contributed by atoms with Crippen molar-refractivity contribution in [3.05, 3.63) is 41.3 Å². The first kappa shape index (κ1) is 10.9. The number of benzene rings is 1. The molecule has 0 amide bonds. The van der Waals surface area contributed by atoms with Gasteiger partial charge in [0.05, 0.1) is 22.9 Å². The third kappa shape index (κ3) is 1.76. The Morgan fingerprint density at radius 3 is 2.56 bits per heavy atom. The Labute approximate surface area is 105 Å². The zero-order valence-corrected chi connectivity index (χ0v) is 10.7. The van der Waals surface area contributed by atoms with Crippen molar-refractivity contribution < 1.29 is 0 Å². The van der Waals surface area contributed by atoms with Gasteiger partial charge in [0.2, 0.25) is 0 Å². The molecule has 0 unspecified atom stereocenters. The van der Waals surface area contributed by atoms with Gasteiger partial charge in [-0.2, -0.15) is 0 Å². The second-order valence-electron chi connectivity index (χ2n) is 4.61. The molecule has 0 aliphatic heterocycles. The van der Waals surface area contributed by atoms with Crippen molar-refractivity contribution in [1.82, 2.24) is 19.9 Å². The molecule has 0 saturated carbocycles. The molecule has 3 rings (SSSR count). The topological polar surface area (TPSA) is 54.5 Å². The largest absolute Gasteiger partial charge is 0.337 e. The lowest BCUT2D eigenvalue weighted by Crippen LogP contribution is -1.89. The molecule has 0 saturated heterocycles. The quantitative estimate of drug-likeness (QED) is 0.709. The number of aromatic amines is 1. The van der Waals surface area contributed by atoms with Gasteiger partial charge in [-0.3, -0.25) is 4.98 Å². The summed E-state index contributed by atoms with van der Waals surface area (Å²) in [6.07, 6.45) is 3.50. The van der Waals surface area contributed by atoms with E-state index in [9.17, 15) is 0 Å². The van der Waals surface area contributed by atoms with Gasteiger partial charge in [-0.1, -0.05) is 6.07 Å². The zero-order valence-electron chi connectivity index (χ0n) is 10.7. The molecule has 2 aromatic heterocycles. The van der Waals surface area contributed by atoms with Gasteiger partial charge in [-0.25, -0.2) is 9.97 Å². The van der Waals surface area contributed by atoms with Crippen LogP contribution in [0.4, 0.5) is 0 Å². The van der Waals surface area contributed by atoms with Crippen LogP contribution in [-0.2, 0) is 0 Å². The van der Waals surface area contributed by atoms with Crippen LogP contribution in [0.2, 0.25) is 0 Å². The maximum atomic E-state index is 4.60. The summed E-state index contributed by atoms with van der Waals surface area (Å²) in [5, 5.41) is 0. The van der Waals surface area contributed by atoms with Crippen molar-refractivity contribution in [3.8, 4) is 11.5 Å². The lowest BCUT2D eigenvalue weighted by atomic mass is 10.1. The Morgan fingerprint density at radius 2 is 1.83 bits per heavy atom. The summed E-state index contributed by atoms with van der Waals surface area (Å²) in [6.45, 7) is 6.07. The van der Waals surface area contributed by atoms with Crippen LogP contribution in [0.3, 0.4) is 0 Å². The van der Waals surface area contributed by atoms with Crippen molar-refractivity contribution in [2.75, 3.05) is 0 Å². The Balaban J connectivity index is 2.19. The molecule has 0 fully saturated rings. The first-order valence-corrected chi connectivity index (χ1v) is 5.89. The molecule has 18 heavy (non-hydrogen) atoms. The summed E-state index contributed by atoms with van der Waals surface area (Å²) >= 11 is 0. The number of rotatable bonds is 1. The molecule has 0 aliphatic carbocycles. The molecular weight excluding hydrogens is 224 g/mol. The van der Waals surface area contributed by atoms with Gasteiger partial charge >= 0.3 is 0 Å². The van der Waals surface area contributed by atoms with Crippen molar-refractivity contribution in [1.29, 1.82) is 0 Å². The highest BCUT2D eigenvalue weighted by Crippen LogP contribution is 2.22. The smallest absolute Gasteiger partial charge is 0.158 e. The number of aryl methyl sites for hydroxylation is 3. The van der Waals surface area contributed by atoms with Crippen molar-refractivity contribution >= 4 is 11.0 Å². The minimum absolute atomic E-state index is 0.770. The number of hydrogen-bond donors (Lipinski definition) is 1. The molecule has 0 aliphatic rings. The zero-order chi connectivity index (χ0) is 12.7. The Morgan fingerprint density at radius 1 is 1.00 bits per heavy atom. The third-order valence-corrected chi connectivity index (χ3v) is 2.95. The Hall–Kier alpha value is -2.23. The predicted molar refractivity (Wildman–Crippen MR) is 71.3 cm³/mol. The van der Waals surface area contributed by atoms with Crippen LogP contribution in [0.25, 0.3) is 22.6 Å². The second kappa shape index (κ2) is 3.91. The van der Waals surface area contributed by atoms with Gasteiger partial charge in [0.25, 0.3) is 0 Å². The lowest BCUT2D eigenvalue weighted by Gasteiger charge is -1.96. The van der Waals surface area contributed by atoms with E-state index in [0.717, 1.165) is 28.2 Å². The fourth-order valence-corrected chi connectivity index (χ4v) is 2.11. The standard InChI is InChI=1S/C14H14N4/c1-8-4-9(2)13-11(5-8)17-14(18-13)12-7-15-10(3)6-16-12/h4-7H,1-3H3,(H,17,18). The molecule has 2 heterocycles. The summed E-state index contributed by atoms with van der Waals surface area (Å²) in [5.41, 5.74) is 6.12. The maximum absolute atomic E-state index is 4.60. The number of aromatic nitrogens is 4. The van der Waals surface area contributed by atoms with E-state index in [0.29, 0.717) is 0 Å². The number of nitrogens with zero attached hydrogens (tertiary/aromatic N) is 3. The lowest BCUT2D eigenvalue weighted by molar-refractivity contribution is 1.10. The van der Waals surface area contributed by atoms with Crippen molar-refractivity contribution in [2.45, 2.75) is 20.8 Å². The predicted octanol–water partition coefficient (Wildman–Crippen LogP) is 2.95. The van der Waals surface area contributed by atoms with Gasteiger partial charge in [-0.15, -0.1) is 0 Å². The average Bonchev–Trinajstić information content (AvgIpc) is 2.74. The fraction of sp³-hybridized carbons (Fsp3) is 0.214. The van der Waals surface area contributed by atoms with Gasteiger partial charge in [0, 0.05) is 6.20 Å². The second-order valence-corrected chi connectivity index (χ2v) is 4.61. The van der Waals surface area contributed by atoms with Crippen molar-refractivity contribution in [2.24, 2.45) is 0 Å². The van der Waals surface area contributed by atoms with Crippen molar-refractivity contribution in [3.63, 3.8) is 0 Å². The van der Waals surface area contributed by atoms with Crippen LogP contribution in [0.5, 0.6) is 0 Å². The molecule has 4 heteroatoms. The molecular formula is C14H14N4. The molecule has 1 aromatic carbocycles. The Kier molecular flexibility index (Phi) is 2.37. The monoisotopic (exact) mass is 238 g/mol. The van der Waals surface area contributed by atoms with Crippen LogP contribution >= 0.6 is 0 Å². The summed E-state index contributed by atoms with van der Waals surface area (Å²) in [5.74, 6) is 0.770. The highest BCUT2D eigenvalue weighted by molar-refractivity contribution is 5.82. The first-order valence-electron chi connectivity index (χ1n) is 5.89. The average molecular weight is 238 g/mol. The molecule has 0 radical (unpaired) electrons. The summed E-state index contributed by atoms with van der Waals surface area (Å²) in [6, 6.07) is 4.23. The molecule has 3 aromatic rings. The number of imidazole rings is 1. The van der Waals surface area contributed by atoms with Crippen LogP contribution in [0, 0.1) is 20.8 Å². The maximum Gasteiger partial charge on any atom is 0.158 e. The highest BCUT2D eigenvalue weighted by Gasteiger charge is 2.08. The minimum Gasteiger partial charge on any atom is -0.337 e. The molecule has 0 spiro atoms. The van der Waals surface area contributed by atoms with E-state index >= 15 is 0 Å². The molecule has 4 nitrogen and oxygen atoms in total. The van der Waals surface area contributed by atoms with E-state index in [1.807, 2.05) is 6.92 Å². The number of nitrogens with one attached hydrogen (secondary N) is 1. The molecule has 90 valence electrons. The van der Waals surface area contributed by atoms with Gasteiger partial charge in [0.15, 0.2) is 5.82 Å². The van der Waals surface area contributed by atoms with Gasteiger partial charge in [-0.05, 0) is 38.0 Å². The Bertz CT molecular complexity index is 710. The van der Waals surface area contributed by atoms with E-state index in [-0.39, 0.29) is 0 Å². The summed E-state index contributed by atoms with van der Waals surface area (Å²) in [7, 11) is 0. The van der Waals surface area contributed by atoms with Crippen LogP contribution < -0.4 is 0 Å². The van der Waals surface area contributed by atoms with E-state index in [1.54, 1.807) is 12.4 Å².